The number of rotatable bonds is 2. The number of carbonyl (C=O) groups excluding carboxylic acids is 2. The smallest absolute Gasteiger partial charge is 0.343 e. The van der Waals surface area contributed by atoms with Crippen LogP contribution in [0, 0.1) is 11.8 Å². The Kier molecular flexibility index (Phi) is 3.75. The van der Waals surface area contributed by atoms with Crippen molar-refractivity contribution in [3.8, 4) is 11.8 Å². The molecule has 0 aromatic heterocycles. The lowest BCUT2D eigenvalue weighted by Gasteiger charge is -2.03. The third-order valence-electron chi connectivity index (χ3n) is 2.61. The Labute approximate surface area is 105 Å². The van der Waals surface area contributed by atoms with Gasteiger partial charge in [0.25, 0.3) is 0 Å². The zero-order chi connectivity index (χ0) is 13.0. The Morgan fingerprint density at radius 2 is 1.94 bits per heavy atom. The number of aliphatic hydroxyl groups excluding tert-OH is 1. The van der Waals surface area contributed by atoms with Crippen molar-refractivity contribution in [1.29, 1.82) is 0 Å². The zero-order valence-corrected chi connectivity index (χ0v) is 9.63. The molecule has 0 saturated carbocycles. The maximum absolute atomic E-state index is 11.3. The summed E-state index contributed by atoms with van der Waals surface area (Å²) in [5.74, 6) is 4.42. The molecule has 1 saturated heterocycles. The fraction of sp³-hybridized carbons (Fsp3) is 0.286. The molecule has 2 unspecified atom stereocenters. The maximum atomic E-state index is 11.3. The molecule has 0 bridgehead atoms. The van der Waals surface area contributed by atoms with Gasteiger partial charge in [-0.25, -0.2) is 4.79 Å². The van der Waals surface area contributed by atoms with Gasteiger partial charge in [0.2, 0.25) is 11.9 Å². The number of cyclic esters (lactones) is 1. The summed E-state index contributed by atoms with van der Waals surface area (Å²) >= 11 is 0. The molecule has 1 heterocycles. The van der Waals surface area contributed by atoms with E-state index in [0.29, 0.717) is 12.8 Å². The minimum atomic E-state index is -1.61. The molecule has 92 valence electrons. The van der Waals surface area contributed by atoms with E-state index in [-0.39, 0.29) is 0 Å². The highest BCUT2D eigenvalue weighted by Gasteiger charge is 2.41. The summed E-state index contributed by atoms with van der Waals surface area (Å²) < 4.78 is 4.73. The molecule has 0 spiro atoms. The standard InChI is InChI=1S/C14H12O4/c15-12-11(18-14(17)13(12)16)9-5-4-8-10-6-2-1-3-7-10/h1-3,6-7,11,13,16H,5,9H2. The molecular formula is C14H12O4. The van der Waals surface area contributed by atoms with E-state index in [0.717, 1.165) is 5.56 Å². The van der Waals surface area contributed by atoms with Crippen LogP contribution < -0.4 is 0 Å². The number of ether oxygens (including phenoxy) is 1. The number of hydrogen-bond donors (Lipinski definition) is 1. The minimum Gasteiger partial charge on any atom is -0.452 e. The first kappa shape index (κ1) is 12.3. The van der Waals surface area contributed by atoms with Crippen LogP contribution >= 0.6 is 0 Å². The SMILES string of the molecule is O=C1OC(CCC#Cc2ccccc2)C(=O)C1O. The van der Waals surface area contributed by atoms with Gasteiger partial charge in [0.05, 0.1) is 0 Å². The topological polar surface area (TPSA) is 63.6 Å². The second-order valence-electron chi connectivity index (χ2n) is 3.94. The van der Waals surface area contributed by atoms with Crippen LogP contribution in [0.4, 0.5) is 0 Å². The van der Waals surface area contributed by atoms with Gasteiger partial charge in [-0.1, -0.05) is 30.0 Å². The number of aliphatic hydroxyl groups is 1. The van der Waals surface area contributed by atoms with Crippen molar-refractivity contribution in [3.63, 3.8) is 0 Å². The lowest BCUT2D eigenvalue weighted by atomic mass is 10.1. The number of ketones is 1. The van der Waals surface area contributed by atoms with Crippen LogP contribution in [0.3, 0.4) is 0 Å². The molecule has 18 heavy (non-hydrogen) atoms. The molecule has 1 N–H and O–H groups in total. The highest BCUT2D eigenvalue weighted by molar-refractivity contribution is 6.08. The first-order chi connectivity index (χ1) is 8.68. The van der Waals surface area contributed by atoms with Crippen LogP contribution in [0.2, 0.25) is 0 Å². The Morgan fingerprint density at radius 1 is 1.22 bits per heavy atom. The normalized spacial score (nSPS) is 22.3. The van der Waals surface area contributed by atoms with Crippen molar-refractivity contribution in [3.05, 3.63) is 35.9 Å². The molecule has 1 aliphatic heterocycles. The van der Waals surface area contributed by atoms with Gasteiger partial charge in [-0.3, -0.25) is 4.79 Å². The number of esters is 1. The van der Waals surface area contributed by atoms with E-state index in [2.05, 4.69) is 11.8 Å². The molecule has 4 heteroatoms. The fourth-order valence-electron chi connectivity index (χ4n) is 1.65. The van der Waals surface area contributed by atoms with Gasteiger partial charge in [0.1, 0.15) is 0 Å². The monoisotopic (exact) mass is 244 g/mol. The predicted octanol–water partition coefficient (Wildman–Crippen LogP) is 0.674. The number of Topliss-reactive ketones (excluding diaryl/α,β-unsaturated/α-hetero) is 1. The van der Waals surface area contributed by atoms with E-state index in [4.69, 9.17) is 9.84 Å². The second kappa shape index (κ2) is 5.48. The Morgan fingerprint density at radius 3 is 2.56 bits per heavy atom. The van der Waals surface area contributed by atoms with Crippen molar-refractivity contribution in [2.45, 2.75) is 25.0 Å². The molecule has 0 aliphatic carbocycles. The van der Waals surface area contributed by atoms with Crippen LogP contribution in [-0.2, 0) is 14.3 Å². The van der Waals surface area contributed by atoms with Crippen molar-refractivity contribution >= 4 is 11.8 Å². The van der Waals surface area contributed by atoms with Crippen molar-refractivity contribution in [1.82, 2.24) is 0 Å². The molecule has 0 amide bonds. The largest absolute Gasteiger partial charge is 0.452 e. The van der Waals surface area contributed by atoms with Gasteiger partial charge in [-0.2, -0.15) is 0 Å². The van der Waals surface area contributed by atoms with Crippen LogP contribution in [0.15, 0.2) is 30.3 Å². The summed E-state index contributed by atoms with van der Waals surface area (Å²) in [6, 6.07) is 9.46. The summed E-state index contributed by atoms with van der Waals surface area (Å²) in [5, 5.41) is 9.11. The van der Waals surface area contributed by atoms with Crippen LogP contribution in [-0.4, -0.2) is 29.1 Å². The lowest BCUT2D eigenvalue weighted by molar-refractivity contribution is -0.147. The Hall–Kier alpha value is -2.12. The summed E-state index contributed by atoms with van der Waals surface area (Å²) in [5.41, 5.74) is 0.896. The highest BCUT2D eigenvalue weighted by atomic mass is 16.6. The van der Waals surface area contributed by atoms with Gasteiger partial charge in [0, 0.05) is 18.4 Å². The van der Waals surface area contributed by atoms with E-state index in [9.17, 15) is 9.59 Å². The van der Waals surface area contributed by atoms with E-state index >= 15 is 0 Å². The van der Waals surface area contributed by atoms with Gasteiger partial charge in [-0.15, -0.1) is 0 Å². The highest BCUT2D eigenvalue weighted by Crippen LogP contribution is 2.15. The first-order valence-electron chi connectivity index (χ1n) is 5.64. The van der Waals surface area contributed by atoms with Gasteiger partial charge < -0.3 is 9.84 Å². The number of carbonyl (C=O) groups is 2. The van der Waals surface area contributed by atoms with Gasteiger partial charge in [-0.05, 0) is 12.1 Å². The van der Waals surface area contributed by atoms with Crippen LogP contribution in [0.1, 0.15) is 18.4 Å². The molecule has 2 rings (SSSR count). The zero-order valence-electron chi connectivity index (χ0n) is 9.63. The summed E-state index contributed by atoms with van der Waals surface area (Å²) in [7, 11) is 0. The Balaban J connectivity index is 1.85. The van der Waals surface area contributed by atoms with Crippen molar-refractivity contribution in [2.24, 2.45) is 0 Å². The summed E-state index contributed by atoms with van der Waals surface area (Å²) in [6.45, 7) is 0. The summed E-state index contributed by atoms with van der Waals surface area (Å²) in [6.07, 6.45) is -1.71. The first-order valence-corrected chi connectivity index (χ1v) is 5.64. The van der Waals surface area contributed by atoms with E-state index in [1.165, 1.54) is 0 Å². The van der Waals surface area contributed by atoms with E-state index in [1.807, 2.05) is 30.3 Å². The molecule has 1 fully saturated rings. The van der Waals surface area contributed by atoms with Crippen molar-refractivity contribution in [2.75, 3.05) is 0 Å². The van der Waals surface area contributed by atoms with Gasteiger partial charge >= 0.3 is 5.97 Å². The predicted molar refractivity (Wildman–Crippen MR) is 63.4 cm³/mol. The molecule has 1 aromatic rings. The lowest BCUT2D eigenvalue weighted by Crippen LogP contribution is -2.24. The van der Waals surface area contributed by atoms with E-state index < -0.39 is 24.0 Å². The third-order valence-corrected chi connectivity index (χ3v) is 2.61. The maximum Gasteiger partial charge on any atom is 0.343 e. The van der Waals surface area contributed by atoms with Gasteiger partial charge in [0.15, 0.2) is 6.10 Å². The summed E-state index contributed by atoms with van der Waals surface area (Å²) in [4.78, 5) is 22.3. The third kappa shape index (κ3) is 2.76. The molecule has 2 atom stereocenters. The van der Waals surface area contributed by atoms with Crippen LogP contribution in [0.5, 0.6) is 0 Å². The fourth-order valence-corrected chi connectivity index (χ4v) is 1.65. The molecule has 4 nitrogen and oxygen atoms in total. The average Bonchev–Trinajstić information content (AvgIpc) is 2.64. The minimum absolute atomic E-state index is 0.321. The number of benzene rings is 1. The number of hydrogen-bond acceptors (Lipinski definition) is 4. The molecule has 0 radical (unpaired) electrons. The molecule has 1 aromatic carbocycles. The second-order valence-corrected chi connectivity index (χ2v) is 3.94. The van der Waals surface area contributed by atoms with Crippen LogP contribution in [0.25, 0.3) is 0 Å². The molecule has 1 aliphatic rings. The molecular weight excluding hydrogens is 232 g/mol. The Bertz CT molecular complexity index is 510. The quantitative estimate of drug-likeness (QED) is 0.472. The average molecular weight is 244 g/mol. The van der Waals surface area contributed by atoms with E-state index in [1.54, 1.807) is 0 Å². The van der Waals surface area contributed by atoms with Crippen molar-refractivity contribution < 1.29 is 19.4 Å².